The van der Waals surface area contributed by atoms with Crippen molar-refractivity contribution in [2.24, 2.45) is 0 Å². The first-order valence-electron chi connectivity index (χ1n) is 7.05. The smallest absolute Gasteiger partial charge is 0.243 e. The van der Waals surface area contributed by atoms with Gasteiger partial charge in [-0.25, -0.2) is 0 Å². The fraction of sp³-hybridized carbons (Fsp3) is 0.235. The Morgan fingerprint density at radius 3 is 2.48 bits per heavy atom. The van der Waals surface area contributed by atoms with Gasteiger partial charge in [-0.1, -0.05) is 17.7 Å². The molecule has 0 radical (unpaired) electrons. The summed E-state index contributed by atoms with van der Waals surface area (Å²) in [5.41, 5.74) is 2.42. The van der Waals surface area contributed by atoms with E-state index < -0.39 is 0 Å². The topological polar surface area (TPSA) is 59.6 Å². The van der Waals surface area contributed by atoms with Gasteiger partial charge in [0.05, 0.1) is 31.5 Å². The summed E-state index contributed by atoms with van der Waals surface area (Å²) < 4.78 is 10.4. The molecule has 0 aliphatic heterocycles. The van der Waals surface area contributed by atoms with E-state index in [4.69, 9.17) is 21.1 Å². The number of carbonyl (C=O) groups is 1. The van der Waals surface area contributed by atoms with Crippen LogP contribution in [0.15, 0.2) is 36.4 Å². The molecule has 0 bridgehead atoms. The Bertz CT molecular complexity index is 704. The number of hydrogen-bond donors (Lipinski definition) is 2. The van der Waals surface area contributed by atoms with Crippen LogP contribution in [0.3, 0.4) is 0 Å². The second-order valence-corrected chi connectivity index (χ2v) is 5.36. The zero-order valence-electron chi connectivity index (χ0n) is 13.3. The van der Waals surface area contributed by atoms with Crippen LogP contribution in [0.1, 0.15) is 5.56 Å². The largest absolute Gasteiger partial charge is 0.493 e. The number of nitrogens with one attached hydrogen (secondary N) is 2. The van der Waals surface area contributed by atoms with Crippen LogP contribution >= 0.6 is 11.6 Å². The van der Waals surface area contributed by atoms with Crippen molar-refractivity contribution in [2.45, 2.75) is 6.92 Å². The average Bonchev–Trinajstić information content (AvgIpc) is 2.54. The Morgan fingerprint density at radius 2 is 1.83 bits per heavy atom. The minimum absolute atomic E-state index is 0.108. The van der Waals surface area contributed by atoms with E-state index in [1.807, 2.05) is 25.1 Å². The molecule has 0 spiro atoms. The molecule has 122 valence electrons. The Balaban J connectivity index is 1.97. The lowest BCUT2D eigenvalue weighted by Gasteiger charge is -2.12. The van der Waals surface area contributed by atoms with Gasteiger partial charge in [-0.2, -0.15) is 0 Å². The van der Waals surface area contributed by atoms with E-state index in [1.54, 1.807) is 32.4 Å². The Kier molecular flexibility index (Phi) is 5.71. The van der Waals surface area contributed by atoms with Crippen molar-refractivity contribution in [3.05, 3.63) is 47.0 Å². The van der Waals surface area contributed by atoms with E-state index in [1.165, 1.54) is 0 Å². The van der Waals surface area contributed by atoms with Crippen molar-refractivity contribution in [1.29, 1.82) is 0 Å². The highest BCUT2D eigenvalue weighted by molar-refractivity contribution is 6.33. The fourth-order valence-corrected chi connectivity index (χ4v) is 2.36. The molecule has 0 aliphatic carbocycles. The molecular weight excluding hydrogens is 316 g/mol. The van der Waals surface area contributed by atoms with E-state index >= 15 is 0 Å². The molecule has 1 amide bonds. The normalized spacial score (nSPS) is 10.1. The summed E-state index contributed by atoms with van der Waals surface area (Å²) in [7, 11) is 3.11. The lowest BCUT2D eigenvalue weighted by atomic mass is 10.2. The highest BCUT2D eigenvalue weighted by Crippen LogP contribution is 2.29. The van der Waals surface area contributed by atoms with Gasteiger partial charge in [0.15, 0.2) is 11.5 Å². The van der Waals surface area contributed by atoms with Gasteiger partial charge >= 0.3 is 0 Å². The number of carbonyl (C=O) groups excluding carboxylic acids is 1. The highest BCUT2D eigenvalue weighted by Gasteiger charge is 2.08. The van der Waals surface area contributed by atoms with Crippen molar-refractivity contribution >= 4 is 28.9 Å². The van der Waals surface area contributed by atoms with Gasteiger partial charge < -0.3 is 20.1 Å². The van der Waals surface area contributed by atoms with Crippen molar-refractivity contribution in [3.8, 4) is 11.5 Å². The second kappa shape index (κ2) is 7.74. The summed E-state index contributed by atoms with van der Waals surface area (Å²) in [6, 6.07) is 10.8. The molecular formula is C17H19ClN2O3. The van der Waals surface area contributed by atoms with E-state index in [-0.39, 0.29) is 12.5 Å². The minimum atomic E-state index is -0.186. The lowest BCUT2D eigenvalue weighted by Crippen LogP contribution is -2.21. The monoisotopic (exact) mass is 334 g/mol. The third-order valence-electron chi connectivity index (χ3n) is 3.23. The van der Waals surface area contributed by atoms with Crippen LogP contribution in [0.5, 0.6) is 11.5 Å². The van der Waals surface area contributed by atoms with Crippen LogP contribution in [0.2, 0.25) is 5.02 Å². The molecule has 23 heavy (non-hydrogen) atoms. The molecule has 0 aromatic heterocycles. The van der Waals surface area contributed by atoms with E-state index in [0.29, 0.717) is 22.2 Å². The number of methoxy groups -OCH3 is 2. The minimum Gasteiger partial charge on any atom is -0.493 e. The van der Waals surface area contributed by atoms with Crippen molar-refractivity contribution < 1.29 is 14.3 Å². The number of hydrogen-bond acceptors (Lipinski definition) is 4. The predicted octanol–water partition coefficient (Wildman–Crippen LogP) is 3.72. The van der Waals surface area contributed by atoms with E-state index in [9.17, 15) is 4.79 Å². The summed E-state index contributed by atoms with van der Waals surface area (Å²) in [5, 5.41) is 6.39. The third kappa shape index (κ3) is 4.53. The summed E-state index contributed by atoms with van der Waals surface area (Å²) in [6.07, 6.45) is 0. The molecule has 0 saturated heterocycles. The number of halogens is 1. The van der Waals surface area contributed by atoms with Gasteiger partial charge in [-0.3, -0.25) is 4.79 Å². The molecule has 0 unspecified atom stereocenters. The maximum absolute atomic E-state index is 12.0. The van der Waals surface area contributed by atoms with Gasteiger partial charge in [0.2, 0.25) is 5.91 Å². The number of rotatable bonds is 6. The van der Waals surface area contributed by atoms with E-state index in [0.717, 1.165) is 11.3 Å². The Labute approximate surface area is 140 Å². The molecule has 0 heterocycles. The van der Waals surface area contributed by atoms with Crippen molar-refractivity contribution in [3.63, 3.8) is 0 Å². The molecule has 5 nitrogen and oxygen atoms in total. The number of amides is 1. The van der Waals surface area contributed by atoms with Gasteiger partial charge in [-0.15, -0.1) is 0 Å². The number of ether oxygens (including phenoxy) is 2. The van der Waals surface area contributed by atoms with Crippen LogP contribution in [0.4, 0.5) is 11.4 Å². The van der Waals surface area contributed by atoms with Crippen LogP contribution in [-0.4, -0.2) is 26.7 Å². The highest BCUT2D eigenvalue weighted by atomic mass is 35.5. The zero-order valence-corrected chi connectivity index (χ0v) is 14.0. The molecule has 0 saturated carbocycles. The lowest BCUT2D eigenvalue weighted by molar-refractivity contribution is -0.114. The van der Waals surface area contributed by atoms with Crippen molar-refractivity contribution in [1.82, 2.24) is 0 Å². The number of aryl methyl sites for hydroxylation is 1. The third-order valence-corrected chi connectivity index (χ3v) is 3.54. The zero-order chi connectivity index (χ0) is 16.8. The van der Waals surface area contributed by atoms with Crippen LogP contribution in [0, 0.1) is 6.92 Å². The molecule has 0 atom stereocenters. The standard InChI is InChI=1S/C17H19ClN2O3/c1-11-4-6-14(13(18)8-11)19-10-17(21)20-12-5-7-15(22-2)16(9-12)23-3/h4-9,19H,10H2,1-3H3,(H,20,21). The Hall–Kier alpha value is -2.40. The SMILES string of the molecule is COc1ccc(NC(=O)CNc2ccc(C)cc2Cl)cc1OC. The summed E-state index contributed by atoms with van der Waals surface area (Å²) in [6.45, 7) is 2.07. The first-order valence-corrected chi connectivity index (χ1v) is 7.43. The van der Waals surface area contributed by atoms with Gasteiger partial charge in [0.25, 0.3) is 0 Å². The average molecular weight is 335 g/mol. The summed E-state index contributed by atoms with van der Waals surface area (Å²) >= 11 is 6.12. The number of anilines is 2. The maximum Gasteiger partial charge on any atom is 0.243 e. The molecule has 2 rings (SSSR count). The van der Waals surface area contributed by atoms with Crippen LogP contribution < -0.4 is 20.1 Å². The predicted molar refractivity (Wildman–Crippen MR) is 92.9 cm³/mol. The first kappa shape index (κ1) is 17.0. The van der Waals surface area contributed by atoms with Gasteiger partial charge in [-0.05, 0) is 36.8 Å². The molecule has 0 fully saturated rings. The first-order chi connectivity index (χ1) is 11.0. The fourth-order valence-electron chi connectivity index (χ4n) is 2.06. The molecule has 2 aromatic carbocycles. The summed E-state index contributed by atoms with van der Waals surface area (Å²) in [5.74, 6) is 0.976. The van der Waals surface area contributed by atoms with Gasteiger partial charge in [0.1, 0.15) is 0 Å². The molecule has 0 aliphatic rings. The maximum atomic E-state index is 12.0. The Morgan fingerprint density at radius 1 is 1.09 bits per heavy atom. The molecule has 2 N–H and O–H groups in total. The van der Waals surface area contributed by atoms with Crippen molar-refractivity contribution in [2.75, 3.05) is 31.4 Å². The quantitative estimate of drug-likeness (QED) is 0.845. The molecule has 2 aromatic rings. The number of benzene rings is 2. The second-order valence-electron chi connectivity index (χ2n) is 4.95. The summed E-state index contributed by atoms with van der Waals surface area (Å²) in [4.78, 5) is 12.0. The van der Waals surface area contributed by atoms with Gasteiger partial charge in [0, 0.05) is 11.8 Å². The molecule has 6 heteroatoms. The van der Waals surface area contributed by atoms with E-state index in [2.05, 4.69) is 10.6 Å². The van der Waals surface area contributed by atoms with Crippen LogP contribution in [-0.2, 0) is 4.79 Å². The van der Waals surface area contributed by atoms with Crippen LogP contribution in [0.25, 0.3) is 0 Å².